The summed E-state index contributed by atoms with van der Waals surface area (Å²) in [5, 5.41) is 8.48. The third kappa shape index (κ3) is 1.68. The van der Waals surface area contributed by atoms with E-state index >= 15 is 0 Å². The molecular weight excluding hydrogens is 149 g/mol. The summed E-state index contributed by atoms with van der Waals surface area (Å²) >= 11 is 0. The van der Waals surface area contributed by atoms with Gasteiger partial charge in [0.1, 0.15) is 0 Å². The molecule has 1 aliphatic carbocycles. The molecule has 4 heteroatoms. The lowest BCUT2D eigenvalue weighted by Gasteiger charge is -2.29. The van der Waals surface area contributed by atoms with Gasteiger partial charge in [-0.2, -0.15) is 0 Å². The standard InChI is InChI=1S/C7H12FNO2/c8-7(6(10)11)3-1-2-5(9)4-7/h5H,1-4,9H2,(H,10,11)/t5-,7+/m0/s1. The molecule has 0 radical (unpaired) electrons. The Labute approximate surface area is 64.4 Å². The van der Waals surface area contributed by atoms with Gasteiger partial charge in [0.2, 0.25) is 5.67 Å². The summed E-state index contributed by atoms with van der Waals surface area (Å²) in [5.41, 5.74) is 3.39. The Morgan fingerprint density at radius 1 is 1.73 bits per heavy atom. The third-order valence-electron chi connectivity index (χ3n) is 2.12. The Hall–Kier alpha value is -0.640. The van der Waals surface area contributed by atoms with Crippen LogP contribution in [0.2, 0.25) is 0 Å². The van der Waals surface area contributed by atoms with Gasteiger partial charge in [-0.1, -0.05) is 0 Å². The molecule has 11 heavy (non-hydrogen) atoms. The summed E-state index contributed by atoms with van der Waals surface area (Å²) in [6, 6.07) is -0.287. The Morgan fingerprint density at radius 2 is 2.36 bits per heavy atom. The van der Waals surface area contributed by atoms with E-state index in [-0.39, 0.29) is 18.9 Å². The molecule has 1 aliphatic rings. The SMILES string of the molecule is N[C@H]1CCC[C@](F)(C(=O)O)C1. The highest BCUT2D eigenvalue weighted by molar-refractivity contribution is 5.77. The minimum Gasteiger partial charge on any atom is -0.479 e. The van der Waals surface area contributed by atoms with Crippen molar-refractivity contribution < 1.29 is 14.3 Å². The number of hydrogen-bond donors (Lipinski definition) is 2. The van der Waals surface area contributed by atoms with Gasteiger partial charge in [0.15, 0.2) is 0 Å². The fourth-order valence-electron chi connectivity index (χ4n) is 1.46. The highest BCUT2D eigenvalue weighted by Crippen LogP contribution is 2.31. The van der Waals surface area contributed by atoms with Crippen molar-refractivity contribution >= 4 is 5.97 Å². The number of hydrogen-bond acceptors (Lipinski definition) is 2. The molecule has 3 N–H and O–H groups in total. The maximum Gasteiger partial charge on any atom is 0.341 e. The molecule has 1 saturated carbocycles. The second-order valence-electron chi connectivity index (χ2n) is 3.13. The Balaban J connectivity index is 2.63. The topological polar surface area (TPSA) is 63.3 Å². The van der Waals surface area contributed by atoms with E-state index in [9.17, 15) is 9.18 Å². The normalized spacial score (nSPS) is 38.5. The van der Waals surface area contributed by atoms with Crippen LogP contribution in [0.3, 0.4) is 0 Å². The maximum atomic E-state index is 13.3. The first-order valence-corrected chi connectivity index (χ1v) is 3.72. The molecule has 3 nitrogen and oxygen atoms in total. The molecule has 0 aromatic heterocycles. The van der Waals surface area contributed by atoms with E-state index in [1.54, 1.807) is 0 Å². The van der Waals surface area contributed by atoms with Crippen molar-refractivity contribution in [1.82, 2.24) is 0 Å². The fourth-order valence-corrected chi connectivity index (χ4v) is 1.46. The van der Waals surface area contributed by atoms with Crippen LogP contribution in [0.1, 0.15) is 25.7 Å². The molecule has 0 heterocycles. The fraction of sp³-hybridized carbons (Fsp3) is 0.857. The van der Waals surface area contributed by atoms with E-state index in [1.165, 1.54) is 0 Å². The van der Waals surface area contributed by atoms with Crippen LogP contribution in [0.25, 0.3) is 0 Å². The summed E-state index contributed by atoms with van der Waals surface area (Å²) in [4.78, 5) is 10.4. The summed E-state index contributed by atoms with van der Waals surface area (Å²) in [6.45, 7) is 0. The van der Waals surface area contributed by atoms with E-state index in [4.69, 9.17) is 10.8 Å². The van der Waals surface area contributed by atoms with Crippen LogP contribution < -0.4 is 5.73 Å². The molecule has 1 fully saturated rings. The van der Waals surface area contributed by atoms with Crippen molar-refractivity contribution in [1.29, 1.82) is 0 Å². The zero-order chi connectivity index (χ0) is 8.48. The number of carbonyl (C=O) groups is 1. The molecule has 2 atom stereocenters. The van der Waals surface area contributed by atoms with Crippen LogP contribution in [0, 0.1) is 0 Å². The largest absolute Gasteiger partial charge is 0.479 e. The van der Waals surface area contributed by atoms with Crippen LogP contribution in [0.4, 0.5) is 4.39 Å². The summed E-state index contributed by atoms with van der Waals surface area (Å²) < 4.78 is 13.3. The molecule has 0 bridgehead atoms. The average molecular weight is 161 g/mol. The van der Waals surface area contributed by atoms with Crippen molar-refractivity contribution in [3.05, 3.63) is 0 Å². The highest BCUT2D eigenvalue weighted by atomic mass is 19.1. The van der Waals surface area contributed by atoms with Crippen LogP contribution in [0.5, 0.6) is 0 Å². The van der Waals surface area contributed by atoms with Crippen LogP contribution in [-0.4, -0.2) is 22.8 Å². The molecule has 0 saturated heterocycles. The summed E-state index contributed by atoms with van der Waals surface area (Å²) in [6.07, 6.45) is 1.38. The maximum absolute atomic E-state index is 13.3. The molecule has 0 aromatic rings. The van der Waals surface area contributed by atoms with Gasteiger partial charge in [0.05, 0.1) is 0 Å². The van der Waals surface area contributed by atoms with E-state index in [1.807, 2.05) is 0 Å². The van der Waals surface area contributed by atoms with Crippen molar-refractivity contribution in [2.45, 2.75) is 37.4 Å². The van der Waals surface area contributed by atoms with Gasteiger partial charge in [-0.3, -0.25) is 0 Å². The van der Waals surface area contributed by atoms with Crippen LogP contribution >= 0.6 is 0 Å². The van der Waals surface area contributed by atoms with Gasteiger partial charge in [-0.25, -0.2) is 9.18 Å². The summed E-state index contributed by atoms with van der Waals surface area (Å²) in [5.74, 6) is -1.37. The molecule has 0 amide bonds. The van der Waals surface area contributed by atoms with Crippen molar-refractivity contribution in [2.24, 2.45) is 5.73 Å². The molecule has 0 aromatic carbocycles. The summed E-state index contributed by atoms with van der Waals surface area (Å²) in [7, 11) is 0. The lowest BCUT2D eigenvalue weighted by Crippen LogP contribution is -2.43. The molecule has 1 rings (SSSR count). The Kier molecular flexibility index (Phi) is 2.13. The molecular formula is C7H12FNO2. The number of halogens is 1. The lowest BCUT2D eigenvalue weighted by atomic mass is 9.84. The first kappa shape index (κ1) is 8.46. The van der Waals surface area contributed by atoms with Gasteiger partial charge in [0, 0.05) is 12.5 Å². The van der Waals surface area contributed by atoms with Gasteiger partial charge < -0.3 is 10.8 Å². The zero-order valence-electron chi connectivity index (χ0n) is 6.22. The van der Waals surface area contributed by atoms with E-state index in [0.29, 0.717) is 6.42 Å². The second kappa shape index (κ2) is 2.77. The Morgan fingerprint density at radius 3 is 2.73 bits per heavy atom. The number of carboxylic acids is 1. The first-order valence-electron chi connectivity index (χ1n) is 3.72. The quantitative estimate of drug-likeness (QED) is 0.594. The second-order valence-corrected chi connectivity index (χ2v) is 3.13. The highest BCUT2D eigenvalue weighted by Gasteiger charge is 2.42. The number of nitrogens with two attached hydrogens (primary N) is 1. The van der Waals surface area contributed by atoms with Gasteiger partial charge >= 0.3 is 5.97 Å². The molecule has 0 unspecified atom stereocenters. The number of aliphatic carboxylic acids is 1. The lowest BCUT2D eigenvalue weighted by molar-refractivity contribution is -0.153. The van der Waals surface area contributed by atoms with Crippen molar-refractivity contribution in [2.75, 3.05) is 0 Å². The van der Waals surface area contributed by atoms with E-state index in [2.05, 4.69) is 0 Å². The van der Waals surface area contributed by atoms with Gasteiger partial charge in [0.25, 0.3) is 0 Å². The van der Waals surface area contributed by atoms with E-state index < -0.39 is 11.6 Å². The average Bonchev–Trinajstić information content (AvgIpc) is 1.86. The smallest absolute Gasteiger partial charge is 0.341 e. The monoisotopic (exact) mass is 161 g/mol. The minimum absolute atomic E-state index is 0.0394. The van der Waals surface area contributed by atoms with Crippen LogP contribution in [-0.2, 0) is 4.79 Å². The first-order chi connectivity index (χ1) is 5.04. The number of rotatable bonds is 1. The minimum atomic E-state index is -2.06. The van der Waals surface area contributed by atoms with Gasteiger partial charge in [-0.15, -0.1) is 0 Å². The third-order valence-corrected chi connectivity index (χ3v) is 2.12. The van der Waals surface area contributed by atoms with Crippen molar-refractivity contribution in [3.8, 4) is 0 Å². The predicted molar refractivity (Wildman–Crippen MR) is 37.9 cm³/mol. The number of alkyl halides is 1. The zero-order valence-corrected chi connectivity index (χ0v) is 6.22. The van der Waals surface area contributed by atoms with Crippen molar-refractivity contribution in [3.63, 3.8) is 0 Å². The Bertz CT molecular complexity index is 174. The molecule has 0 spiro atoms. The van der Waals surface area contributed by atoms with E-state index in [0.717, 1.165) is 6.42 Å². The van der Waals surface area contributed by atoms with Crippen LogP contribution in [0.15, 0.2) is 0 Å². The molecule has 0 aliphatic heterocycles. The number of carboxylic acid groups (broad SMARTS) is 1. The molecule has 64 valence electrons. The predicted octanol–water partition coefficient (Wildman–Crippen LogP) is 0.681. The van der Waals surface area contributed by atoms with Gasteiger partial charge in [-0.05, 0) is 19.3 Å².